The van der Waals surface area contributed by atoms with Gasteiger partial charge in [0.25, 0.3) is 0 Å². The molecule has 7 heteroatoms. The van der Waals surface area contributed by atoms with Gasteiger partial charge in [-0.1, -0.05) is 0 Å². The number of carbonyl (C=O) groups is 2. The highest BCUT2D eigenvalue weighted by atomic mass is 16.5. The molecule has 0 fully saturated rings. The molecule has 0 aliphatic rings. The van der Waals surface area contributed by atoms with Crippen LogP contribution in [0.5, 0.6) is 0 Å². The number of rotatable bonds is 8. The molecule has 0 aliphatic carbocycles. The molecule has 0 saturated carbocycles. The molecular formula is C14H22N2O5. The predicted octanol–water partition coefficient (Wildman–Crippen LogP) is 0.822. The van der Waals surface area contributed by atoms with Crippen molar-refractivity contribution in [1.29, 1.82) is 0 Å². The number of nitrogens with zero attached hydrogens (tertiary/aromatic N) is 1. The second kappa shape index (κ2) is 8.43. The Balaban J connectivity index is 2.53. The number of hydrogen-bond donors (Lipinski definition) is 1. The predicted molar refractivity (Wildman–Crippen MR) is 76.0 cm³/mol. The number of ether oxygens (including phenoxy) is 2. The molecule has 1 heterocycles. The molecule has 21 heavy (non-hydrogen) atoms. The second-order valence-corrected chi connectivity index (χ2v) is 4.63. The maximum Gasteiger partial charge on any atom is 0.373 e. The van der Waals surface area contributed by atoms with Crippen LogP contribution in [0.25, 0.3) is 0 Å². The van der Waals surface area contributed by atoms with Gasteiger partial charge in [-0.05, 0) is 26.1 Å². The highest BCUT2D eigenvalue weighted by Crippen LogP contribution is 2.21. The molecule has 0 aliphatic heterocycles. The van der Waals surface area contributed by atoms with Crippen LogP contribution in [0.15, 0.2) is 16.5 Å². The van der Waals surface area contributed by atoms with Crippen molar-refractivity contribution in [3.63, 3.8) is 0 Å². The minimum atomic E-state index is -0.520. The van der Waals surface area contributed by atoms with E-state index in [9.17, 15) is 9.59 Å². The lowest BCUT2D eigenvalue weighted by Gasteiger charge is -2.22. The highest BCUT2D eigenvalue weighted by Gasteiger charge is 2.20. The SMILES string of the molecule is COCCNC(=O)CN(C)C(C)c1ccc(C(=O)OC)o1. The molecule has 0 radical (unpaired) electrons. The molecule has 1 atom stereocenters. The molecule has 1 amide bonds. The van der Waals surface area contributed by atoms with E-state index in [1.54, 1.807) is 26.3 Å². The zero-order chi connectivity index (χ0) is 15.8. The van der Waals surface area contributed by atoms with Crippen molar-refractivity contribution in [2.45, 2.75) is 13.0 Å². The summed E-state index contributed by atoms with van der Waals surface area (Å²) in [4.78, 5) is 24.9. The third kappa shape index (κ3) is 5.20. The van der Waals surface area contributed by atoms with Gasteiger partial charge in [0.1, 0.15) is 5.76 Å². The first-order valence-electron chi connectivity index (χ1n) is 6.63. The van der Waals surface area contributed by atoms with Gasteiger partial charge in [0.2, 0.25) is 11.7 Å². The van der Waals surface area contributed by atoms with E-state index in [1.807, 2.05) is 11.8 Å². The fourth-order valence-electron chi connectivity index (χ4n) is 1.72. The quantitative estimate of drug-likeness (QED) is 0.565. The van der Waals surface area contributed by atoms with Crippen LogP contribution in [0.1, 0.15) is 29.3 Å². The third-order valence-corrected chi connectivity index (χ3v) is 3.11. The molecule has 1 rings (SSSR count). The summed E-state index contributed by atoms with van der Waals surface area (Å²) in [6.45, 7) is 3.07. The lowest BCUT2D eigenvalue weighted by atomic mass is 10.2. The van der Waals surface area contributed by atoms with Gasteiger partial charge < -0.3 is 19.2 Å². The average Bonchev–Trinajstić information content (AvgIpc) is 2.95. The Labute approximate surface area is 124 Å². The van der Waals surface area contributed by atoms with Gasteiger partial charge >= 0.3 is 5.97 Å². The highest BCUT2D eigenvalue weighted by molar-refractivity contribution is 5.86. The summed E-state index contributed by atoms with van der Waals surface area (Å²) in [7, 11) is 4.68. The lowest BCUT2D eigenvalue weighted by molar-refractivity contribution is -0.122. The van der Waals surface area contributed by atoms with Gasteiger partial charge in [-0.2, -0.15) is 0 Å². The first kappa shape index (κ1) is 17.2. The Bertz CT molecular complexity index is 472. The zero-order valence-electron chi connectivity index (χ0n) is 12.8. The first-order valence-corrected chi connectivity index (χ1v) is 6.63. The van der Waals surface area contributed by atoms with Gasteiger partial charge in [0.15, 0.2) is 0 Å². The van der Waals surface area contributed by atoms with Gasteiger partial charge in [-0.3, -0.25) is 9.69 Å². The summed E-state index contributed by atoms with van der Waals surface area (Å²) in [6, 6.07) is 3.12. The smallest absolute Gasteiger partial charge is 0.373 e. The van der Waals surface area contributed by atoms with Crippen molar-refractivity contribution in [2.24, 2.45) is 0 Å². The lowest BCUT2D eigenvalue weighted by Crippen LogP contribution is -2.37. The van der Waals surface area contributed by atoms with Crippen LogP contribution in [0.2, 0.25) is 0 Å². The van der Waals surface area contributed by atoms with Crippen LogP contribution in [0, 0.1) is 0 Å². The Morgan fingerprint density at radius 3 is 2.71 bits per heavy atom. The second-order valence-electron chi connectivity index (χ2n) is 4.63. The summed E-state index contributed by atoms with van der Waals surface area (Å²) < 4.78 is 14.9. The molecule has 1 unspecified atom stereocenters. The zero-order valence-corrected chi connectivity index (χ0v) is 12.8. The summed E-state index contributed by atoms with van der Waals surface area (Å²) in [5.74, 6) is 0.134. The van der Waals surface area contributed by atoms with E-state index < -0.39 is 5.97 Å². The van der Waals surface area contributed by atoms with Crippen LogP contribution < -0.4 is 5.32 Å². The molecule has 0 bridgehead atoms. The van der Waals surface area contributed by atoms with Crippen molar-refractivity contribution in [2.75, 3.05) is 41.0 Å². The van der Waals surface area contributed by atoms with Crippen molar-refractivity contribution in [1.82, 2.24) is 10.2 Å². The number of nitrogens with one attached hydrogen (secondary N) is 1. The van der Waals surface area contributed by atoms with Crippen molar-refractivity contribution >= 4 is 11.9 Å². The summed E-state index contributed by atoms with van der Waals surface area (Å²) >= 11 is 0. The van der Waals surface area contributed by atoms with E-state index in [2.05, 4.69) is 10.1 Å². The average molecular weight is 298 g/mol. The standard InChI is InChI=1S/C14H22N2O5/c1-10(11-5-6-12(21-11)14(18)20-4)16(2)9-13(17)15-7-8-19-3/h5-6,10H,7-9H2,1-4H3,(H,15,17). The van der Waals surface area contributed by atoms with Crippen LogP contribution in [-0.2, 0) is 14.3 Å². The van der Waals surface area contributed by atoms with Crippen LogP contribution in [-0.4, -0.2) is 57.7 Å². The van der Waals surface area contributed by atoms with Crippen LogP contribution >= 0.6 is 0 Å². The molecule has 0 saturated heterocycles. The van der Waals surface area contributed by atoms with Gasteiger partial charge in [-0.25, -0.2) is 4.79 Å². The van der Waals surface area contributed by atoms with E-state index in [1.165, 1.54) is 7.11 Å². The number of hydrogen-bond acceptors (Lipinski definition) is 6. The minimum absolute atomic E-state index is 0.0962. The number of amides is 1. The molecule has 1 aromatic rings. The van der Waals surface area contributed by atoms with Crippen molar-refractivity contribution in [3.05, 3.63) is 23.7 Å². The summed E-state index contributed by atoms with van der Waals surface area (Å²) in [5.41, 5.74) is 0. The van der Waals surface area contributed by atoms with Gasteiger partial charge in [0, 0.05) is 13.7 Å². The van der Waals surface area contributed by atoms with E-state index in [4.69, 9.17) is 9.15 Å². The van der Waals surface area contributed by atoms with E-state index in [0.29, 0.717) is 18.9 Å². The Hall–Kier alpha value is -1.86. The molecule has 1 aromatic heterocycles. The number of carbonyl (C=O) groups excluding carboxylic acids is 2. The molecule has 118 valence electrons. The Kier molecular flexibility index (Phi) is 6.90. The molecule has 1 N–H and O–H groups in total. The first-order chi connectivity index (χ1) is 9.99. The number of methoxy groups -OCH3 is 2. The largest absolute Gasteiger partial charge is 0.463 e. The normalized spacial score (nSPS) is 12.2. The number of esters is 1. The summed E-state index contributed by atoms with van der Waals surface area (Å²) in [6.07, 6.45) is 0. The van der Waals surface area contributed by atoms with E-state index in [-0.39, 0.29) is 24.3 Å². The maximum absolute atomic E-state index is 11.7. The number of likely N-dealkylation sites (N-methyl/N-ethyl adjacent to an activating group) is 1. The molecular weight excluding hydrogens is 276 g/mol. The van der Waals surface area contributed by atoms with Crippen LogP contribution in [0.3, 0.4) is 0 Å². The fourth-order valence-corrected chi connectivity index (χ4v) is 1.72. The monoisotopic (exact) mass is 298 g/mol. The third-order valence-electron chi connectivity index (χ3n) is 3.11. The Morgan fingerprint density at radius 2 is 2.10 bits per heavy atom. The van der Waals surface area contributed by atoms with E-state index >= 15 is 0 Å². The molecule has 0 aromatic carbocycles. The van der Waals surface area contributed by atoms with Gasteiger partial charge in [-0.15, -0.1) is 0 Å². The molecule has 0 spiro atoms. The van der Waals surface area contributed by atoms with Crippen molar-refractivity contribution < 1.29 is 23.5 Å². The maximum atomic E-state index is 11.7. The van der Waals surface area contributed by atoms with Crippen LogP contribution in [0.4, 0.5) is 0 Å². The minimum Gasteiger partial charge on any atom is -0.463 e. The Morgan fingerprint density at radius 1 is 1.38 bits per heavy atom. The molecule has 7 nitrogen and oxygen atoms in total. The topological polar surface area (TPSA) is 81.0 Å². The number of furan rings is 1. The van der Waals surface area contributed by atoms with Gasteiger partial charge in [0.05, 0.1) is 26.3 Å². The summed E-state index contributed by atoms with van der Waals surface area (Å²) in [5, 5.41) is 2.74. The van der Waals surface area contributed by atoms with Crippen molar-refractivity contribution in [3.8, 4) is 0 Å². The fraction of sp³-hybridized carbons (Fsp3) is 0.571. The van der Waals surface area contributed by atoms with E-state index in [0.717, 1.165) is 0 Å².